The van der Waals surface area contributed by atoms with Crippen molar-refractivity contribution in [1.82, 2.24) is 5.32 Å². The van der Waals surface area contributed by atoms with Crippen LogP contribution in [-0.4, -0.2) is 26.2 Å². The maximum absolute atomic E-state index is 10.7. The third kappa shape index (κ3) is 5.32. The molecule has 1 rings (SSSR count). The molecule has 1 aromatic rings. The number of carbonyl (C=O) groups is 1. The maximum atomic E-state index is 10.7. The van der Waals surface area contributed by atoms with E-state index in [9.17, 15) is 4.79 Å². The molecule has 0 saturated heterocycles. The Hall–Kier alpha value is -1.61. The molecule has 0 aliphatic rings. The minimum Gasteiger partial charge on any atom is -0.466 e. The summed E-state index contributed by atoms with van der Waals surface area (Å²) in [6, 6.07) is 10.3. The number of nitrogens with one attached hydrogen (secondary N) is 1. The number of esters is 1. The summed E-state index contributed by atoms with van der Waals surface area (Å²) in [6.45, 7) is 1.58. The first-order chi connectivity index (χ1) is 7.83. The van der Waals surface area contributed by atoms with Crippen molar-refractivity contribution in [1.29, 1.82) is 0 Å². The fourth-order valence-corrected chi connectivity index (χ4v) is 1.29. The summed E-state index contributed by atoms with van der Waals surface area (Å²) in [6.07, 6.45) is 4.18. The lowest BCUT2D eigenvalue weighted by Gasteiger charge is -2.01. The van der Waals surface area contributed by atoms with Gasteiger partial charge in [-0.1, -0.05) is 36.4 Å². The second-order valence-corrected chi connectivity index (χ2v) is 3.37. The van der Waals surface area contributed by atoms with Crippen LogP contribution in [0.3, 0.4) is 0 Å². The third-order valence-corrected chi connectivity index (χ3v) is 2.15. The molecule has 3 nitrogen and oxygen atoms in total. The van der Waals surface area contributed by atoms with Gasteiger partial charge < -0.3 is 10.1 Å². The normalized spacial score (nSPS) is 10.6. The predicted octanol–water partition coefficient (Wildman–Crippen LogP) is 1.55. The van der Waals surface area contributed by atoms with Gasteiger partial charge in [-0.05, 0) is 18.5 Å². The molecule has 0 bridgehead atoms. The first-order valence-corrected chi connectivity index (χ1v) is 5.32. The average Bonchev–Trinajstić information content (AvgIpc) is 2.34. The highest BCUT2D eigenvalue weighted by Gasteiger charge is 1.91. The molecule has 3 heteroatoms. The largest absolute Gasteiger partial charge is 0.466 e. The van der Waals surface area contributed by atoms with E-state index in [2.05, 4.69) is 22.2 Å². The lowest BCUT2D eigenvalue weighted by atomic mass is 10.1. The van der Waals surface area contributed by atoms with Crippen molar-refractivity contribution in [2.24, 2.45) is 0 Å². The first kappa shape index (κ1) is 12.5. The van der Waals surface area contributed by atoms with Crippen molar-refractivity contribution in [3.8, 4) is 0 Å². The zero-order chi connectivity index (χ0) is 11.6. The molecule has 0 aliphatic heterocycles. The summed E-state index contributed by atoms with van der Waals surface area (Å²) in [7, 11) is 1.37. The molecule has 0 saturated carbocycles. The van der Waals surface area contributed by atoms with Crippen LogP contribution in [0.1, 0.15) is 5.56 Å². The van der Waals surface area contributed by atoms with Crippen LogP contribution < -0.4 is 5.32 Å². The molecule has 0 amide bonds. The zero-order valence-corrected chi connectivity index (χ0v) is 9.48. The van der Waals surface area contributed by atoms with E-state index in [1.165, 1.54) is 18.7 Å². The molecular formula is C13H17NO2. The molecule has 0 unspecified atom stereocenters. The van der Waals surface area contributed by atoms with Gasteiger partial charge in [-0.3, -0.25) is 0 Å². The van der Waals surface area contributed by atoms with Gasteiger partial charge in [0.15, 0.2) is 0 Å². The molecule has 0 heterocycles. The second-order valence-electron chi connectivity index (χ2n) is 3.37. The van der Waals surface area contributed by atoms with Crippen molar-refractivity contribution in [3.63, 3.8) is 0 Å². The quantitative estimate of drug-likeness (QED) is 0.448. The van der Waals surface area contributed by atoms with Gasteiger partial charge in [0.05, 0.1) is 7.11 Å². The van der Waals surface area contributed by atoms with Gasteiger partial charge in [0.2, 0.25) is 0 Å². The van der Waals surface area contributed by atoms with Gasteiger partial charge in [0.25, 0.3) is 0 Å². The molecule has 0 fully saturated rings. The summed E-state index contributed by atoms with van der Waals surface area (Å²) in [5.74, 6) is -0.315. The van der Waals surface area contributed by atoms with Crippen LogP contribution in [-0.2, 0) is 16.0 Å². The summed E-state index contributed by atoms with van der Waals surface area (Å²) < 4.78 is 4.47. The zero-order valence-electron chi connectivity index (χ0n) is 9.48. The highest BCUT2D eigenvalue weighted by Crippen LogP contribution is 1.97. The number of carbonyl (C=O) groups excluding carboxylic acids is 1. The maximum Gasteiger partial charge on any atom is 0.330 e. The summed E-state index contributed by atoms with van der Waals surface area (Å²) in [5.41, 5.74) is 1.31. The summed E-state index contributed by atoms with van der Waals surface area (Å²) >= 11 is 0. The van der Waals surface area contributed by atoms with Crippen molar-refractivity contribution in [2.45, 2.75) is 6.42 Å². The van der Waals surface area contributed by atoms with Crippen molar-refractivity contribution in [2.75, 3.05) is 20.2 Å². The van der Waals surface area contributed by atoms with E-state index in [0.29, 0.717) is 6.54 Å². The van der Waals surface area contributed by atoms with Crippen LogP contribution in [0.15, 0.2) is 42.5 Å². The summed E-state index contributed by atoms with van der Waals surface area (Å²) in [4.78, 5) is 10.7. The number of hydrogen-bond acceptors (Lipinski definition) is 3. The number of benzene rings is 1. The summed E-state index contributed by atoms with van der Waals surface area (Å²) in [5, 5.41) is 3.22. The van der Waals surface area contributed by atoms with E-state index in [4.69, 9.17) is 0 Å². The molecule has 1 N–H and O–H groups in total. The van der Waals surface area contributed by atoms with E-state index >= 15 is 0 Å². The SMILES string of the molecule is COC(=O)/C=C/CNCCc1ccccc1. The molecular weight excluding hydrogens is 202 g/mol. The third-order valence-electron chi connectivity index (χ3n) is 2.15. The Bertz CT molecular complexity index is 333. The first-order valence-electron chi connectivity index (χ1n) is 5.32. The highest BCUT2D eigenvalue weighted by molar-refractivity contribution is 5.81. The number of methoxy groups -OCH3 is 1. The second kappa shape index (κ2) is 7.65. The molecule has 0 spiro atoms. The molecule has 0 aromatic heterocycles. The minimum absolute atomic E-state index is 0.315. The Balaban J connectivity index is 2.09. The van der Waals surface area contributed by atoms with E-state index in [1.54, 1.807) is 6.08 Å². The number of ether oxygens (including phenoxy) is 1. The predicted molar refractivity (Wildman–Crippen MR) is 64.2 cm³/mol. The van der Waals surface area contributed by atoms with Gasteiger partial charge in [0.1, 0.15) is 0 Å². The Morgan fingerprint density at radius 3 is 2.81 bits per heavy atom. The van der Waals surface area contributed by atoms with Crippen LogP contribution in [0.4, 0.5) is 0 Å². The van der Waals surface area contributed by atoms with Crippen LogP contribution in [0.5, 0.6) is 0 Å². The molecule has 0 atom stereocenters. The van der Waals surface area contributed by atoms with Crippen LogP contribution >= 0.6 is 0 Å². The Morgan fingerprint density at radius 1 is 1.38 bits per heavy atom. The molecule has 0 radical (unpaired) electrons. The molecule has 1 aromatic carbocycles. The van der Waals surface area contributed by atoms with Gasteiger partial charge >= 0.3 is 5.97 Å². The highest BCUT2D eigenvalue weighted by atomic mass is 16.5. The molecule has 16 heavy (non-hydrogen) atoms. The van der Waals surface area contributed by atoms with Gasteiger partial charge in [0, 0.05) is 12.6 Å². The topological polar surface area (TPSA) is 38.3 Å². The van der Waals surface area contributed by atoms with Crippen LogP contribution in [0, 0.1) is 0 Å². The smallest absolute Gasteiger partial charge is 0.330 e. The fraction of sp³-hybridized carbons (Fsp3) is 0.308. The molecule has 0 aliphatic carbocycles. The van der Waals surface area contributed by atoms with Gasteiger partial charge in [-0.25, -0.2) is 4.79 Å². The van der Waals surface area contributed by atoms with Crippen LogP contribution in [0.2, 0.25) is 0 Å². The van der Waals surface area contributed by atoms with E-state index in [-0.39, 0.29) is 5.97 Å². The number of rotatable bonds is 6. The van der Waals surface area contributed by atoms with E-state index < -0.39 is 0 Å². The van der Waals surface area contributed by atoms with Gasteiger partial charge in [-0.2, -0.15) is 0 Å². The van der Waals surface area contributed by atoms with Gasteiger partial charge in [-0.15, -0.1) is 0 Å². The Labute approximate surface area is 96.1 Å². The Kier molecular flexibility index (Phi) is 5.96. The fourth-order valence-electron chi connectivity index (χ4n) is 1.29. The van der Waals surface area contributed by atoms with Crippen molar-refractivity contribution >= 4 is 5.97 Å². The standard InChI is InChI=1S/C13H17NO2/c1-16-13(15)8-5-10-14-11-9-12-6-3-2-4-7-12/h2-8,14H,9-11H2,1H3/b8-5+. The van der Waals surface area contributed by atoms with E-state index in [1.807, 2.05) is 18.2 Å². The lowest BCUT2D eigenvalue weighted by molar-refractivity contribution is -0.134. The number of hydrogen-bond donors (Lipinski definition) is 1. The Morgan fingerprint density at radius 2 is 2.12 bits per heavy atom. The van der Waals surface area contributed by atoms with Crippen molar-refractivity contribution < 1.29 is 9.53 Å². The van der Waals surface area contributed by atoms with E-state index in [0.717, 1.165) is 13.0 Å². The average molecular weight is 219 g/mol. The minimum atomic E-state index is -0.315. The molecule has 86 valence electrons. The lowest BCUT2D eigenvalue weighted by Crippen LogP contribution is -2.17. The van der Waals surface area contributed by atoms with Crippen molar-refractivity contribution in [3.05, 3.63) is 48.0 Å². The van der Waals surface area contributed by atoms with Crippen LogP contribution in [0.25, 0.3) is 0 Å². The monoisotopic (exact) mass is 219 g/mol.